The minimum absolute atomic E-state index is 0.132. The van der Waals surface area contributed by atoms with Crippen LogP contribution >= 0.6 is 39.0 Å². The second-order valence-electron chi connectivity index (χ2n) is 8.34. The Morgan fingerprint density at radius 1 is 0.892 bits per heavy atom. The predicted molar refractivity (Wildman–Crippen MR) is 158 cm³/mol. The van der Waals surface area contributed by atoms with Gasteiger partial charge in [-0.3, -0.25) is 9.59 Å². The fourth-order valence-corrected chi connectivity index (χ4v) is 5.64. The molecule has 37 heavy (non-hydrogen) atoms. The van der Waals surface area contributed by atoms with E-state index in [1.165, 1.54) is 23.1 Å². The van der Waals surface area contributed by atoms with E-state index in [9.17, 15) is 9.59 Å². The number of nitrogens with one attached hydrogen (secondary N) is 2. The average Bonchev–Trinajstić information content (AvgIpc) is 3.37. The molecule has 0 bridgehead atoms. The SMILES string of the molecule is CC(Sc1cccc(NC(=O)c2ccc3ccccc3c2)c1)C(=O)Nc1nc(-c2ccc(Br)cc2)cs1. The maximum absolute atomic E-state index is 12.8. The number of benzene rings is 4. The first kappa shape index (κ1) is 25.2. The largest absolute Gasteiger partial charge is 0.322 e. The molecule has 8 heteroatoms. The predicted octanol–water partition coefficient (Wildman–Crippen LogP) is 8.10. The molecule has 2 N–H and O–H groups in total. The zero-order valence-electron chi connectivity index (χ0n) is 19.8. The van der Waals surface area contributed by atoms with Crippen LogP contribution in [-0.2, 0) is 4.79 Å². The van der Waals surface area contributed by atoms with Crippen molar-refractivity contribution in [3.63, 3.8) is 0 Å². The van der Waals surface area contributed by atoms with E-state index in [0.29, 0.717) is 16.4 Å². The molecule has 0 radical (unpaired) electrons. The van der Waals surface area contributed by atoms with Gasteiger partial charge in [0.2, 0.25) is 5.91 Å². The summed E-state index contributed by atoms with van der Waals surface area (Å²) in [5.74, 6) is -0.309. The molecule has 0 fully saturated rings. The third-order valence-electron chi connectivity index (χ3n) is 5.66. The van der Waals surface area contributed by atoms with Crippen LogP contribution in [0.15, 0.2) is 106 Å². The normalized spacial score (nSPS) is 11.7. The van der Waals surface area contributed by atoms with Crippen molar-refractivity contribution in [2.75, 3.05) is 10.6 Å². The lowest BCUT2D eigenvalue weighted by Gasteiger charge is -2.12. The molecule has 0 aliphatic rings. The van der Waals surface area contributed by atoms with Crippen molar-refractivity contribution in [3.8, 4) is 11.3 Å². The number of anilines is 2. The third kappa shape index (κ3) is 6.28. The molecular formula is C29H22BrN3O2S2. The molecule has 5 aromatic rings. The van der Waals surface area contributed by atoms with Crippen LogP contribution in [0.4, 0.5) is 10.8 Å². The van der Waals surface area contributed by atoms with Gasteiger partial charge in [-0.25, -0.2) is 4.98 Å². The van der Waals surface area contributed by atoms with Gasteiger partial charge in [-0.2, -0.15) is 0 Å². The standard InChI is InChI=1S/C29H22BrN3O2S2/c1-18(27(34)33-29-32-26(17-36-29)20-11-13-23(30)14-12-20)37-25-8-4-7-24(16-25)31-28(35)22-10-9-19-5-2-3-6-21(19)15-22/h2-18H,1H3,(H,31,35)(H,32,33,34). The molecule has 184 valence electrons. The van der Waals surface area contributed by atoms with Gasteiger partial charge in [0.05, 0.1) is 10.9 Å². The highest BCUT2D eigenvalue weighted by Crippen LogP contribution is 2.29. The second kappa shape index (κ2) is 11.3. The molecule has 1 unspecified atom stereocenters. The Balaban J connectivity index is 1.20. The van der Waals surface area contributed by atoms with Crippen LogP contribution in [0.5, 0.6) is 0 Å². The lowest BCUT2D eigenvalue weighted by atomic mass is 10.1. The number of hydrogen-bond donors (Lipinski definition) is 2. The number of rotatable bonds is 7. The number of carbonyl (C=O) groups excluding carboxylic acids is 2. The number of hydrogen-bond acceptors (Lipinski definition) is 5. The average molecular weight is 589 g/mol. The number of aromatic nitrogens is 1. The summed E-state index contributed by atoms with van der Waals surface area (Å²) in [4.78, 5) is 31.1. The molecule has 0 saturated heterocycles. The van der Waals surface area contributed by atoms with E-state index >= 15 is 0 Å². The molecule has 4 aromatic carbocycles. The molecule has 0 saturated carbocycles. The summed E-state index contributed by atoms with van der Waals surface area (Å²) in [6.45, 7) is 1.85. The maximum atomic E-state index is 12.8. The van der Waals surface area contributed by atoms with Crippen molar-refractivity contribution in [3.05, 3.63) is 106 Å². The van der Waals surface area contributed by atoms with E-state index in [1.807, 2.05) is 103 Å². The van der Waals surface area contributed by atoms with Crippen molar-refractivity contribution in [2.45, 2.75) is 17.1 Å². The second-order valence-corrected chi connectivity index (χ2v) is 11.5. The molecule has 5 nitrogen and oxygen atoms in total. The molecule has 1 atom stereocenters. The van der Waals surface area contributed by atoms with Crippen LogP contribution in [-0.4, -0.2) is 22.0 Å². The van der Waals surface area contributed by atoms with Gasteiger partial charge in [0.25, 0.3) is 5.91 Å². The summed E-state index contributed by atoms with van der Waals surface area (Å²) in [7, 11) is 0. The van der Waals surface area contributed by atoms with E-state index in [-0.39, 0.29) is 17.1 Å². The zero-order chi connectivity index (χ0) is 25.8. The quantitative estimate of drug-likeness (QED) is 0.189. The van der Waals surface area contributed by atoms with E-state index in [4.69, 9.17) is 0 Å². The van der Waals surface area contributed by atoms with Crippen molar-refractivity contribution >= 4 is 72.4 Å². The fourth-order valence-electron chi connectivity index (χ4n) is 3.73. The summed E-state index contributed by atoms with van der Waals surface area (Å²) in [5, 5.41) is 10.1. The molecule has 5 rings (SSSR count). The van der Waals surface area contributed by atoms with Crippen LogP contribution in [0, 0.1) is 0 Å². The summed E-state index contributed by atoms with van der Waals surface area (Å²) in [6.07, 6.45) is 0. The topological polar surface area (TPSA) is 71.1 Å². The lowest BCUT2D eigenvalue weighted by Crippen LogP contribution is -2.22. The van der Waals surface area contributed by atoms with Gasteiger partial charge in [-0.05, 0) is 60.2 Å². The van der Waals surface area contributed by atoms with Crippen molar-refractivity contribution in [1.82, 2.24) is 4.98 Å². The molecular weight excluding hydrogens is 566 g/mol. The summed E-state index contributed by atoms with van der Waals surface area (Å²) in [5.41, 5.74) is 3.08. The van der Waals surface area contributed by atoms with Crippen molar-refractivity contribution in [2.24, 2.45) is 0 Å². The summed E-state index contributed by atoms with van der Waals surface area (Å²) < 4.78 is 1.00. The Morgan fingerprint density at radius 2 is 1.68 bits per heavy atom. The number of carbonyl (C=O) groups is 2. The first-order valence-corrected chi connectivity index (χ1v) is 14.1. The van der Waals surface area contributed by atoms with Gasteiger partial charge in [0.15, 0.2) is 5.13 Å². The maximum Gasteiger partial charge on any atom is 0.255 e. The smallest absolute Gasteiger partial charge is 0.255 e. The molecule has 1 aromatic heterocycles. The zero-order valence-corrected chi connectivity index (χ0v) is 23.0. The molecule has 0 aliphatic heterocycles. The summed E-state index contributed by atoms with van der Waals surface area (Å²) >= 11 is 6.26. The van der Waals surface area contributed by atoms with Crippen LogP contribution in [0.25, 0.3) is 22.0 Å². The lowest BCUT2D eigenvalue weighted by molar-refractivity contribution is -0.115. The van der Waals surface area contributed by atoms with Gasteiger partial charge in [-0.15, -0.1) is 23.1 Å². The first-order valence-electron chi connectivity index (χ1n) is 11.5. The van der Waals surface area contributed by atoms with Crippen LogP contribution in [0.1, 0.15) is 17.3 Å². The van der Waals surface area contributed by atoms with E-state index in [2.05, 4.69) is 31.5 Å². The van der Waals surface area contributed by atoms with Gasteiger partial charge in [-0.1, -0.05) is 64.5 Å². The van der Waals surface area contributed by atoms with Gasteiger partial charge < -0.3 is 10.6 Å². The molecule has 0 aliphatic carbocycles. The molecule has 2 amide bonds. The van der Waals surface area contributed by atoms with Gasteiger partial charge in [0, 0.05) is 31.6 Å². The molecule has 0 spiro atoms. The van der Waals surface area contributed by atoms with Crippen molar-refractivity contribution < 1.29 is 9.59 Å². The van der Waals surface area contributed by atoms with E-state index < -0.39 is 0 Å². The Labute approximate surface area is 231 Å². The highest BCUT2D eigenvalue weighted by molar-refractivity contribution is 9.10. The number of amides is 2. The summed E-state index contributed by atoms with van der Waals surface area (Å²) in [6, 6.07) is 29.0. The minimum atomic E-state index is -0.355. The first-order chi connectivity index (χ1) is 17.9. The Bertz CT molecular complexity index is 1580. The van der Waals surface area contributed by atoms with Crippen LogP contribution in [0.3, 0.4) is 0 Å². The number of thiazole rings is 1. The Kier molecular flexibility index (Phi) is 7.69. The fraction of sp³-hybridized carbons (Fsp3) is 0.0690. The number of nitrogens with zero attached hydrogens (tertiary/aromatic N) is 1. The minimum Gasteiger partial charge on any atom is -0.322 e. The Morgan fingerprint density at radius 3 is 2.49 bits per heavy atom. The third-order valence-corrected chi connectivity index (χ3v) is 8.04. The van der Waals surface area contributed by atoms with Gasteiger partial charge in [0.1, 0.15) is 0 Å². The number of fused-ring (bicyclic) bond motifs is 1. The van der Waals surface area contributed by atoms with E-state index in [1.54, 1.807) is 0 Å². The Hall–Kier alpha value is -3.46. The highest BCUT2D eigenvalue weighted by atomic mass is 79.9. The van der Waals surface area contributed by atoms with Crippen molar-refractivity contribution in [1.29, 1.82) is 0 Å². The monoisotopic (exact) mass is 587 g/mol. The van der Waals surface area contributed by atoms with E-state index in [0.717, 1.165) is 31.4 Å². The molecule has 1 heterocycles. The highest BCUT2D eigenvalue weighted by Gasteiger charge is 2.17. The van der Waals surface area contributed by atoms with Gasteiger partial charge >= 0.3 is 0 Å². The van der Waals surface area contributed by atoms with Crippen LogP contribution < -0.4 is 10.6 Å². The number of halogens is 1. The number of thioether (sulfide) groups is 1. The van der Waals surface area contributed by atoms with Crippen LogP contribution in [0.2, 0.25) is 0 Å².